The van der Waals surface area contributed by atoms with E-state index in [2.05, 4.69) is 90.3 Å². The topological polar surface area (TPSA) is 120 Å². The van der Waals surface area contributed by atoms with Crippen LogP contribution in [0.25, 0.3) is 23.3 Å². The molecule has 57 heavy (non-hydrogen) atoms. The number of anilines is 2. The number of carbonyl (C=O) groups excluding carboxylic acids is 4. The van der Waals surface area contributed by atoms with Crippen LogP contribution in [0, 0.1) is 0 Å². The molecule has 2 aliphatic heterocycles. The largest absolute Gasteiger partial charge is 0.496 e. The SMILES string of the molecule is COC(=O)c1ccc2c(c1)/C(=C/c1cc(C(C)C)c(OC)c(C(C)C)c1)C(=O)N2.COc1c(C(C)C)cc(/C=C2\C(=O)Nc3ccc(C(C)=O)cc32)cc1C(C)C. The van der Waals surface area contributed by atoms with Gasteiger partial charge in [0.1, 0.15) is 11.5 Å². The summed E-state index contributed by atoms with van der Waals surface area (Å²) in [4.78, 5) is 48.9. The smallest absolute Gasteiger partial charge is 0.337 e. The fourth-order valence-electron chi connectivity index (χ4n) is 7.21. The van der Waals surface area contributed by atoms with Crippen molar-refractivity contribution in [3.05, 3.63) is 116 Å². The molecule has 298 valence electrons. The number of nitrogens with one attached hydrogen (secondary N) is 2. The molecule has 2 amide bonds. The van der Waals surface area contributed by atoms with E-state index in [1.165, 1.54) is 14.0 Å². The van der Waals surface area contributed by atoms with Crippen LogP contribution in [0.3, 0.4) is 0 Å². The number of amides is 2. The van der Waals surface area contributed by atoms with Gasteiger partial charge < -0.3 is 24.8 Å². The quantitative estimate of drug-likeness (QED) is 0.0936. The molecule has 6 rings (SSSR count). The van der Waals surface area contributed by atoms with Crippen molar-refractivity contribution in [2.75, 3.05) is 32.0 Å². The number of hydrogen-bond donors (Lipinski definition) is 2. The Bertz CT molecular complexity index is 2250. The molecule has 0 spiro atoms. The summed E-state index contributed by atoms with van der Waals surface area (Å²) in [5.74, 6) is 2.17. The van der Waals surface area contributed by atoms with Gasteiger partial charge in [0.15, 0.2) is 5.78 Å². The second kappa shape index (κ2) is 17.5. The molecule has 2 heterocycles. The van der Waals surface area contributed by atoms with E-state index in [9.17, 15) is 19.2 Å². The van der Waals surface area contributed by atoms with Gasteiger partial charge in [-0.25, -0.2) is 4.79 Å². The van der Waals surface area contributed by atoms with Gasteiger partial charge in [-0.05, 0) is 137 Å². The van der Waals surface area contributed by atoms with Crippen molar-refractivity contribution in [3.63, 3.8) is 0 Å². The highest BCUT2D eigenvalue weighted by atomic mass is 16.5. The number of fused-ring (bicyclic) bond motifs is 2. The molecule has 0 aliphatic carbocycles. The van der Waals surface area contributed by atoms with Crippen LogP contribution in [0.4, 0.5) is 11.4 Å². The van der Waals surface area contributed by atoms with Crippen LogP contribution in [0.1, 0.15) is 151 Å². The molecule has 2 aliphatic rings. The van der Waals surface area contributed by atoms with E-state index in [4.69, 9.17) is 14.2 Å². The number of ether oxygens (including phenoxy) is 3. The summed E-state index contributed by atoms with van der Waals surface area (Å²) in [6, 6.07) is 18.7. The van der Waals surface area contributed by atoms with Crippen LogP contribution in [-0.4, -0.2) is 44.9 Å². The Balaban J connectivity index is 0.000000218. The molecule has 0 bridgehead atoms. The van der Waals surface area contributed by atoms with E-state index in [0.29, 0.717) is 45.4 Å². The first-order chi connectivity index (χ1) is 27.0. The number of hydrogen-bond acceptors (Lipinski definition) is 7. The molecule has 4 aromatic carbocycles. The summed E-state index contributed by atoms with van der Waals surface area (Å²) in [5.41, 5.74) is 11.4. The van der Waals surface area contributed by atoms with E-state index >= 15 is 0 Å². The van der Waals surface area contributed by atoms with Crippen molar-refractivity contribution < 1.29 is 33.4 Å². The number of methoxy groups -OCH3 is 3. The van der Waals surface area contributed by atoms with Gasteiger partial charge in [0.05, 0.1) is 26.9 Å². The monoisotopic (exact) mass is 770 g/mol. The first-order valence-electron chi connectivity index (χ1n) is 19.4. The first-order valence-corrected chi connectivity index (χ1v) is 19.4. The third-order valence-corrected chi connectivity index (χ3v) is 10.3. The van der Waals surface area contributed by atoms with Crippen molar-refractivity contribution in [2.24, 2.45) is 0 Å². The third kappa shape index (κ3) is 8.88. The van der Waals surface area contributed by atoms with Crippen molar-refractivity contribution in [3.8, 4) is 11.5 Å². The Morgan fingerprint density at radius 3 is 1.21 bits per heavy atom. The number of esters is 1. The standard InChI is InChI=1S/C24H27NO4.C24H27NO3/c1-13(2)17-9-15(10-18(14(3)4)22(17)28-5)11-20-19-12-16(24(27)29-6)7-8-21(19)25-23(20)26;1-13(2)18-9-16(10-19(14(3)4)23(18)28-6)11-21-20-12-17(15(5)26)7-8-22(20)25-24(21)27/h7-14H,1-6H3,(H,25,26);7-14H,1-6H3,(H,25,27)/b20-11-;21-11-. The first kappa shape index (κ1) is 42.2. The minimum atomic E-state index is -0.430. The number of benzene rings is 4. The highest BCUT2D eigenvalue weighted by Gasteiger charge is 2.27. The molecule has 0 unspecified atom stereocenters. The van der Waals surface area contributed by atoms with Crippen LogP contribution >= 0.6 is 0 Å². The summed E-state index contributed by atoms with van der Waals surface area (Å²) < 4.78 is 16.2. The molecule has 9 nitrogen and oxygen atoms in total. The zero-order valence-corrected chi connectivity index (χ0v) is 35.1. The molecule has 0 saturated heterocycles. The van der Waals surface area contributed by atoms with Crippen LogP contribution < -0.4 is 20.1 Å². The Kier molecular flexibility index (Phi) is 12.9. The van der Waals surface area contributed by atoms with Crippen molar-refractivity contribution in [1.82, 2.24) is 0 Å². The number of Topliss-reactive ketones (excluding diaryl/α,β-unsaturated/α-hetero) is 1. The summed E-state index contributed by atoms with van der Waals surface area (Å²) in [6.07, 6.45) is 3.78. The number of ketones is 1. The maximum atomic E-state index is 12.6. The molecule has 0 aromatic heterocycles. The lowest BCUT2D eigenvalue weighted by Gasteiger charge is -2.19. The van der Waals surface area contributed by atoms with Crippen molar-refractivity contribution >= 4 is 58.2 Å². The molecule has 0 fully saturated rings. The van der Waals surface area contributed by atoms with Crippen molar-refractivity contribution in [1.29, 1.82) is 0 Å². The molecular weight excluding hydrogens is 717 g/mol. The fourth-order valence-corrected chi connectivity index (χ4v) is 7.21. The van der Waals surface area contributed by atoms with E-state index in [-0.39, 0.29) is 29.4 Å². The molecule has 9 heteroatoms. The van der Waals surface area contributed by atoms with E-state index in [0.717, 1.165) is 56.1 Å². The van der Waals surface area contributed by atoms with E-state index in [1.54, 1.807) is 50.6 Å². The Morgan fingerprint density at radius 1 is 0.544 bits per heavy atom. The summed E-state index contributed by atoms with van der Waals surface area (Å²) in [6.45, 7) is 18.6. The van der Waals surface area contributed by atoms with Gasteiger partial charge in [0.2, 0.25) is 0 Å². The van der Waals surface area contributed by atoms with Gasteiger partial charge >= 0.3 is 5.97 Å². The van der Waals surface area contributed by atoms with Gasteiger partial charge in [-0.3, -0.25) is 14.4 Å². The van der Waals surface area contributed by atoms with Crippen LogP contribution in [0.2, 0.25) is 0 Å². The van der Waals surface area contributed by atoms with Crippen LogP contribution in [0.15, 0.2) is 60.7 Å². The molecular formula is C48H54N2O7. The molecule has 2 N–H and O–H groups in total. The van der Waals surface area contributed by atoms with Gasteiger partial charge in [-0.2, -0.15) is 0 Å². The Hall–Kier alpha value is -5.96. The van der Waals surface area contributed by atoms with Crippen molar-refractivity contribution in [2.45, 2.75) is 86.0 Å². The lowest BCUT2D eigenvalue weighted by molar-refractivity contribution is -0.111. The predicted molar refractivity (Wildman–Crippen MR) is 230 cm³/mol. The van der Waals surface area contributed by atoms with E-state index < -0.39 is 5.97 Å². The maximum absolute atomic E-state index is 12.6. The highest BCUT2D eigenvalue weighted by molar-refractivity contribution is 6.36. The summed E-state index contributed by atoms with van der Waals surface area (Å²) >= 11 is 0. The molecule has 4 aromatic rings. The van der Waals surface area contributed by atoms with Gasteiger partial charge in [-0.1, -0.05) is 55.4 Å². The predicted octanol–water partition coefficient (Wildman–Crippen LogP) is 10.9. The minimum absolute atomic E-state index is 0.0184. The normalized spacial score (nSPS) is 14.5. The number of rotatable bonds is 10. The number of carbonyl (C=O) groups is 4. The zero-order chi connectivity index (χ0) is 41.9. The lowest BCUT2D eigenvalue weighted by Crippen LogP contribution is -2.04. The third-order valence-electron chi connectivity index (χ3n) is 10.3. The summed E-state index contributed by atoms with van der Waals surface area (Å²) in [7, 11) is 4.74. The average molecular weight is 771 g/mol. The Labute approximate surface area is 336 Å². The second-order valence-corrected chi connectivity index (χ2v) is 15.7. The maximum Gasteiger partial charge on any atom is 0.337 e. The van der Waals surface area contributed by atoms with Gasteiger partial charge in [0.25, 0.3) is 11.8 Å². The van der Waals surface area contributed by atoms with E-state index in [1.807, 2.05) is 12.2 Å². The molecule has 0 radical (unpaired) electrons. The molecule has 0 atom stereocenters. The zero-order valence-electron chi connectivity index (χ0n) is 35.1. The lowest BCUT2D eigenvalue weighted by atomic mass is 9.90. The average Bonchev–Trinajstić information content (AvgIpc) is 3.66. The summed E-state index contributed by atoms with van der Waals surface area (Å²) in [5, 5.41) is 5.75. The molecule has 0 saturated carbocycles. The fraction of sp³-hybridized carbons (Fsp3) is 0.333. The minimum Gasteiger partial charge on any atom is -0.496 e. The van der Waals surface area contributed by atoms with Crippen LogP contribution in [0.5, 0.6) is 11.5 Å². The Morgan fingerprint density at radius 2 is 0.895 bits per heavy atom. The van der Waals surface area contributed by atoms with Gasteiger partial charge in [0, 0.05) is 39.2 Å². The van der Waals surface area contributed by atoms with Crippen LogP contribution in [-0.2, 0) is 14.3 Å². The van der Waals surface area contributed by atoms with Gasteiger partial charge in [-0.15, -0.1) is 0 Å². The highest BCUT2D eigenvalue weighted by Crippen LogP contribution is 2.40. The second-order valence-electron chi connectivity index (χ2n) is 15.7.